The van der Waals surface area contributed by atoms with Gasteiger partial charge in [0.15, 0.2) is 5.82 Å². The van der Waals surface area contributed by atoms with E-state index >= 15 is 0 Å². The molecule has 13 heavy (non-hydrogen) atoms. The van der Waals surface area contributed by atoms with Gasteiger partial charge in [-0.05, 0) is 10.4 Å². The standard InChI is InChI=1S/C8H9ClN4/c1-13-8(10-11-12-13)6-4-2-3-5-7(6)9/h2-7H,1H3. The summed E-state index contributed by atoms with van der Waals surface area (Å²) in [6.07, 6.45) is 7.82. The number of aryl methyl sites for hydroxylation is 1. The topological polar surface area (TPSA) is 43.6 Å². The molecule has 2 unspecified atom stereocenters. The monoisotopic (exact) mass is 196 g/mol. The molecular formula is C8H9ClN4. The number of rotatable bonds is 1. The molecule has 68 valence electrons. The largest absolute Gasteiger partial charge is 0.232 e. The summed E-state index contributed by atoms with van der Waals surface area (Å²) in [4.78, 5) is 0. The Morgan fingerprint density at radius 1 is 1.38 bits per heavy atom. The molecule has 0 fully saturated rings. The highest BCUT2D eigenvalue weighted by atomic mass is 35.5. The van der Waals surface area contributed by atoms with E-state index < -0.39 is 0 Å². The molecule has 0 spiro atoms. The summed E-state index contributed by atoms with van der Waals surface area (Å²) >= 11 is 6.10. The lowest BCUT2D eigenvalue weighted by Gasteiger charge is -2.16. The Hall–Kier alpha value is -1.16. The Kier molecular flexibility index (Phi) is 2.14. The minimum Gasteiger partial charge on any atom is -0.232 e. The molecule has 0 aromatic carbocycles. The predicted octanol–water partition coefficient (Wildman–Crippen LogP) is 1.03. The summed E-state index contributed by atoms with van der Waals surface area (Å²) in [5.74, 6) is 0.868. The number of halogens is 1. The Morgan fingerprint density at radius 2 is 2.15 bits per heavy atom. The average molecular weight is 197 g/mol. The number of hydrogen-bond donors (Lipinski definition) is 0. The minimum atomic E-state index is -0.0605. The van der Waals surface area contributed by atoms with Gasteiger partial charge in [-0.2, -0.15) is 0 Å². The van der Waals surface area contributed by atoms with Gasteiger partial charge in [0.2, 0.25) is 0 Å². The van der Waals surface area contributed by atoms with Gasteiger partial charge in [0.25, 0.3) is 0 Å². The molecule has 0 radical (unpaired) electrons. The average Bonchev–Trinajstić information content (AvgIpc) is 2.52. The third kappa shape index (κ3) is 1.49. The van der Waals surface area contributed by atoms with Crippen LogP contribution in [-0.4, -0.2) is 25.6 Å². The molecule has 0 saturated heterocycles. The van der Waals surface area contributed by atoms with E-state index in [2.05, 4.69) is 15.5 Å². The molecule has 0 saturated carbocycles. The molecule has 2 atom stereocenters. The Bertz CT molecular complexity index is 355. The highest BCUT2D eigenvalue weighted by Crippen LogP contribution is 2.26. The van der Waals surface area contributed by atoms with Crippen molar-refractivity contribution in [1.82, 2.24) is 20.2 Å². The van der Waals surface area contributed by atoms with E-state index in [1.54, 1.807) is 4.68 Å². The van der Waals surface area contributed by atoms with Gasteiger partial charge in [-0.25, -0.2) is 4.68 Å². The molecule has 1 aliphatic carbocycles. The van der Waals surface area contributed by atoms with Crippen LogP contribution in [0.3, 0.4) is 0 Å². The van der Waals surface area contributed by atoms with Crippen molar-refractivity contribution in [2.75, 3.05) is 0 Å². The lowest BCUT2D eigenvalue weighted by molar-refractivity contribution is 0.649. The molecular weight excluding hydrogens is 188 g/mol. The number of hydrogen-bond acceptors (Lipinski definition) is 3. The van der Waals surface area contributed by atoms with Crippen molar-refractivity contribution >= 4 is 11.6 Å². The van der Waals surface area contributed by atoms with Gasteiger partial charge in [-0.1, -0.05) is 24.3 Å². The van der Waals surface area contributed by atoms with Crippen LogP contribution in [0.5, 0.6) is 0 Å². The lowest BCUT2D eigenvalue weighted by Crippen LogP contribution is -2.15. The van der Waals surface area contributed by atoms with E-state index in [4.69, 9.17) is 11.6 Å². The van der Waals surface area contributed by atoms with E-state index in [9.17, 15) is 0 Å². The SMILES string of the molecule is Cn1nnnc1C1C=CC=CC1Cl. The van der Waals surface area contributed by atoms with Gasteiger partial charge in [-0.3, -0.25) is 0 Å². The first kappa shape index (κ1) is 8.44. The molecule has 1 aromatic rings. The fourth-order valence-corrected chi connectivity index (χ4v) is 1.61. The molecule has 1 aliphatic rings. The maximum absolute atomic E-state index is 6.10. The predicted molar refractivity (Wildman–Crippen MR) is 49.5 cm³/mol. The summed E-state index contributed by atoms with van der Waals surface area (Å²) in [5.41, 5.74) is 0. The van der Waals surface area contributed by atoms with Crippen LogP contribution in [0.1, 0.15) is 11.7 Å². The molecule has 0 bridgehead atoms. The molecule has 1 aromatic heterocycles. The van der Waals surface area contributed by atoms with Crippen LogP contribution in [-0.2, 0) is 7.05 Å². The van der Waals surface area contributed by atoms with Crippen LogP contribution < -0.4 is 0 Å². The first-order valence-corrected chi connectivity index (χ1v) is 4.44. The van der Waals surface area contributed by atoms with E-state index in [1.165, 1.54) is 0 Å². The normalized spacial score (nSPS) is 26.6. The third-order valence-electron chi connectivity index (χ3n) is 2.02. The third-order valence-corrected chi connectivity index (χ3v) is 2.44. The molecule has 2 rings (SSSR count). The van der Waals surface area contributed by atoms with Crippen LogP contribution in [0.15, 0.2) is 24.3 Å². The van der Waals surface area contributed by atoms with Crippen molar-refractivity contribution in [3.63, 3.8) is 0 Å². The molecule has 0 aliphatic heterocycles. The second-order valence-electron chi connectivity index (χ2n) is 2.90. The van der Waals surface area contributed by atoms with E-state index in [0.717, 1.165) is 5.82 Å². The van der Waals surface area contributed by atoms with Gasteiger partial charge >= 0.3 is 0 Å². The second-order valence-corrected chi connectivity index (χ2v) is 3.40. The van der Waals surface area contributed by atoms with Crippen molar-refractivity contribution in [1.29, 1.82) is 0 Å². The highest BCUT2D eigenvalue weighted by Gasteiger charge is 2.22. The van der Waals surface area contributed by atoms with Crippen molar-refractivity contribution in [3.8, 4) is 0 Å². The second kappa shape index (κ2) is 3.30. The molecule has 0 N–H and O–H groups in total. The van der Waals surface area contributed by atoms with Crippen LogP contribution >= 0.6 is 11.6 Å². The van der Waals surface area contributed by atoms with Crippen molar-refractivity contribution < 1.29 is 0 Å². The Labute approximate surface area is 80.9 Å². The van der Waals surface area contributed by atoms with Gasteiger partial charge in [0.1, 0.15) is 0 Å². The number of tetrazole rings is 1. The highest BCUT2D eigenvalue weighted by molar-refractivity contribution is 6.22. The summed E-state index contributed by atoms with van der Waals surface area (Å²) in [6.45, 7) is 0. The van der Waals surface area contributed by atoms with Crippen molar-refractivity contribution in [2.45, 2.75) is 11.3 Å². The number of allylic oxidation sites excluding steroid dienone is 4. The fourth-order valence-electron chi connectivity index (χ4n) is 1.33. The number of alkyl halides is 1. The van der Waals surface area contributed by atoms with E-state index in [1.807, 2.05) is 31.4 Å². The summed E-state index contributed by atoms with van der Waals surface area (Å²) in [7, 11) is 1.81. The minimum absolute atomic E-state index is 0.0605. The van der Waals surface area contributed by atoms with Crippen molar-refractivity contribution in [2.24, 2.45) is 7.05 Å². The van der Waals surface area contributed by atoms with Crippen LogP contribution in [0.2, 0.25) is 0 Å². The number of aromatic nitrogens is 4. The first-order valence-electron chi connectivity index (χ1n) is 4.00. The zero-order valence-corrected chi connectivity index (χ0v) is 7.89. The van der Waals surface area contributed by atoms with E-state index in [-0.39, 0.29) is 11.3 Å². The zero-order valence-electron chi connectivity index (χ0n) is 7.13. The zero-order chi connectivity index (χ0) is 9.26. The molecule has 4 nitrogen and oxygen atoms in total. The summed E-state index contributed by atoms with van der Waals surface area (Å²) < 4.78 is 1.64. The van der Waals surface area contributed by atoms with Gasteiger partial charge in [0, 0.05) is 7.05 Å². The summed E-state index contributed by atoms with van der Waals surface area (Å²) in [5, 5.41) is 11.2. The molecule has 1 heterocycles. The molecule has 5 heteroatoms. The van der Waals surface area contributed by atoms with Crippen LogP contribution in [0.4, 0.5) is 0 Å². The molecule has 0 amide bonds. The van der Waals surface area contributed by atoms with Gasteiger partial charge in [0.05, 0.1) is 11.3 Å². The maximum Gasteiger partial charge on any atom is 0.159 e. The quantitative estimate of drug-likeness (QED) is 0.631. The Balaban J connectivity index is 2.32. The van der Waals surface area contributed by atoms with Gasteiger partial charge in [-0.15, -0.1) is 16.7 Å². The van der Waals surface area contributed by atoms with Gasteiger partial charge < -0.3 is 0 Å². The smallest absolute Gasteiger partial charge is 0.159 e. The van der Waals surface area contributed by atoms with Crippen LogP contribution in [0.25, 0.3) is 0 Å². The van der Waals surface area contributed by atoms with E-state index in [0.29, 0.717) is 0 Å². The maximum atomic E-state index is 6.10. The number of nitrogens with zero attached hydrogens (tertiary/aromatic N) is 4. The fraction of sp³-hybridized carbons (Fsp3) is 0.375. The van der Waals surface area contributed by atoms with Crippen molar-refractivity contribution in [3.05, 3.63) is 30.1 Å². The summed E-state index contributed by atoms with van der Waals surface area (Å²) in [6, 6.07) is 0. The lowest BCUT2D eigenvalue weighted by atomic mass is 10.00. The van der Waals surface area contributed by atoms with Crippen LogP contribution in [0, 0.1) is 0 Å². The first-order chi connectivity index (χ1) is 6.29. The Morgan fingerprint density at radius 3 is 2.77 bits per heavy atom.